The largest absolute Gasteiger partial charge is 0.504 e. The van der Waals surface area contributed by atoms with E-state index in [-0.39, 0.29) is 11.8 Å². The SMILES string of the molecule is CCCCOc1cc(C(=O)OC[C@H](C(C)C)N(CC)CC)ccc1O. The standard InChI is InChI=1S/C20H33NO4/c1-6-9-12-24-19-13-16(10-11-18(19)22)20(23)25-14-17(15(4)5)21(7-2)8-3/h10-11,13,15,17,22H,6-9,12,14H2,1-5H3/t17-/m1/s1. The third kappa shape index (κ3) is 6.58. The molecule has 0 fully saturated rings. The van der Waals surface area contributed by atoms with Crippen LogP contribution in [0.2, 0.25) is 0 Å². The maximum Gasteiger partial charge on any atom is 0.338 e. The molecule has 0 unspecified atom stereocenters. The van der Waals surface area contributed by atoms with Crippen molar-refractivity contribution < 1.29 is 19.4 Å². The molecule has 1 rings (SSSR count). The van der Waals surface area contributed by atoms with Crippen LogP contribution in [0, 0.1) is 5.92 Å². The Balaban J connectivity index is 2.74. The van der Waals surface area contributed by atoms with Crippen LogP contribution in [-0.2, 0) is 4.74 Å². The van der Waals surface area contributed by atoms with Crippen LogP contribution in [-0.4, -0.2) is 48.3 Å². The van der Waals surface area contributed by atoms with Crippen LogP contribution in [0.1, 0.15) is 57.8 Å². The number of aromatic hydroxyl groups is 1. The molecule has 1 aromatic rings. The van der Waals surface area contributed by atoms with E-state index in [4.69, 9.17) is 9.47 Å². The first-order valence-corrected chi connectivity index (χ1v) is 9.31. The lowest BCUT2D eigenvalue weighted by atomic mass is 10.0. The van der Waals surface area contributed by atoms with Crippen LogP contribution >= 0.6 is 0 Å². The average molecular weight is 351 g/mol. The Labute approximate surface area is 151 Å². The van der Waals surface area contributed by atoms with Crippen LogP contribution in [0.5, 0.6) is 11.5 Å². The van der Waals surface area contributed by atoms with Gasteiger partial charge in [0.15, 0.2) is 11.5 Å². The molecule has 0 saturated carbocycles. The van der Waals surface area contributed by atoms with Gasteiger partial charge in [0, 0.05) is 6.04 Å². The lowest BCUT2D eigenvalue weighted by molar-refractivity contribution is 0.0290. The Hall–Kier alpha value is -1.75. The number of unbranched alkanes of at least 4 members (excludes halogenated alkanes) is 1. The molecule has 0 amide bonds. The number of benzene rings is 1. The molecule has 1 aromatic carbocycles. The quantitative estimate of drug-likeness (QED) is 0.480. The summed E-state index contributed by atoms with van der Waals surface area (Å²) in [5.74, 6) is 0.363. The Morgan fingerprint density at radius 1 is 1.20 bits per heavy atom. The predicted octanol–water partition coefficient (Wildman–Crippen LogP) is 4.09. The highest BCUT2D eigenvalue weighted by atomic mass is 16.5. The molecule has 0 radical (unpaired) electrons. The molecule has 25 heavy (non-hydrogen) atoms. The van der Waals surface area contributed by atoms with E-state index in [9.17, 15) is 9.90 Å². The maximum atomic E-state index is 12.4. The van der Waals surface area contributed by atoms with E-state index in [1.54, 1.807) is 12.1 Å². The summed E-state index contributed by atoms with van der Waals surface area (Å²) in [6, 6.07) is 4.78. The zero-order valence-corrected chi connectivity index (χ0v) is 16.2. The minimum Gasteiger partial charge on any atom is -0.504 e. The molecule has 5 heteroatoms. The molecule has 0 bridgehead atoms. The van der Waals surface area contributed by atoms with Gasteiger partial charge in [0.25, 0.3) is 0 Å². The number of phenolic OH excluding ortho intramolecular Hbond substituents is 1. The Bertz CT molecular complexity index is 526. The van der Waals surface area contributed by atoms with E-state index in [1.807, 2.05) is 0 Å². The van der Waals surface area contributed by atoms with Crippen molar-refractivity contribution in [2.45, 2.75) is 53.5 Å². The number of nitrogens with zero attached hydrogens (tertiary/aromatic N) is 1. The summed E-state index contributed by atoms with van der Waals surface area (Å²) >= 11 is 0. The van der Waals surface area contributed by atoms with Gasteiger partial charge in [0.05, 0.1) is 12.2 Å². The third-order valence-electron chi connectivity index (χ3n) is 4.39. The first-order chi connectivity index (χ1) is 11.9. The molecule has 5 nitrogen and oxygen atoms in total. The second-order valence-electron chi connectivity index (χ2n) is 6.52. The average Bonchev–Trinajstić information content (AvgIpc) is 2.59. The first-order valence-electron chi connectivity index (χ1n) is 9.31. The second-order valence-corrected chi connectivity index (χ2v) is 6.52. The van der Waals surface area contributed by atoms with E-state index >= 15 is 0 Å². The molecule has 1 N–H and O–H groups in total. The summed E-state index contributed by atoms with van der Waals surface area (Å²) in [5.41, 5.74) is 0.395. The van der Waals surface area contributed by atoms with Gasteiger partial charge in [-0.15, -0.1) is 0 Å². The van der Waals surface area contributed by atoms with Crippen LogP contribution in [0.4, 0.5) is 0 Å². The summed E-state index contributed by atoms with van der Waals surface area (Å²) in [5, 5.41) is 9.86. The van der Waals surface area contributed by atoms with Gasteiger partial charge in [-0.1, -0.05) is 41.0 Å². The van der Waals surface area contributed by atoms with E-state index in [2.05, 4.69) is 39.5 Å². The second kappa shape index (κ2) is 11.0. The van der Waals surface area contributed by atoms with Crippen molar-refractivity contribution in [1.82, 2.24) is 4.90 Å². The summed E-state index contributed by atoms with van der Waals surface area (Å²) < 4.78 is 11.1. The number of hydrogen-bond donors (Lipinski definition) is 1. The lowest BCUT2D eigenvalue weighted by Crippen LogP contribution is -2.42. The summed E-state index contributed by atoms with van der Waals surface area (Å²) in [7, 11) is 0. The molecule has 0 spiro atoms. The number of hydrogen-bond acceptors (Lipinski definition) is 5. The lowest BCUT2D eigenvalue weighted by Gasteiger charge is -2.32. The van der Waals surface area contributed by atoms with E-state index in [1.165, 1.54) is 6.07 Å². The van der Waals surface area contributed by atoms with E-state index < -0.39 is 5.97 Å². The monoisotopic (exact) mass is 351 g/mol. The fourth-order valence-electron chi connectivity index (χ4n) is 2.74. The highest BCUT2D eigenvalue weighted by Crippen LogP contribution is 2.27. The van der Waals surface area contributed by atoms with E-state index in [0.717, 1.165) is 25.9 Å². The number of rotatable bonds is 11. The van der Waals surface area contributed by atoms with Gasteiger partial charge in [0.2, 0.25) is 0 Å². The summed E-state index contributed by atoms with van der Waals surface area (Å²) in [4.78, 5) is 14.7. The van der Waals surface area contributed by atoms with Gasteiger partial charge in [0.1, 0.15) is 6.61 Å². The molecular formula is C20H33NO4. The van der Waals surface area contributed by atoms with E-state index in [0.29, 0.717) is 30.4 Å². The fraction of sp³-hybridized carbons (Fsp3) is 0.650. The normalized spacial score (nSPS) is 12.4. The van der Waals surface area contributed by atoms with Gasteiger partial charge in [-0.3, -0.25) is 4.90 Å². The van der Waals surface area contributed by atoms with Crippen LogP contribution in [0.15, 0.2) is 18.2 Å². The molecular weight excluding hydrogens is 318 g/mol. The topological polar surface area (TPSA) is 59.0 Å². The van der Waals surface area contributed by atoms with Crippen molar-refractivity contribution in [3.8, 4) is 11.5 Å². The van der Waals surface area contributed by atoms with Crippen LogP contribution < -0.4 is 4.74 Å². The first kappa shape index (κ1) is 21.3. The molecule has 0 aliphatic heterocycles. The molecule has 0 saturated heterocycles. The van der Waals surface area contributed by atoms with Crippen LogP contribution in [0.25, 0.3) is 0 Å². The number of ether oxygens (including phenoxy) is 2. The number of esters is 1. The van der Waals surface area contributed by atoms with Crippen molar-refractivity contribution in [3.05, 3.63) is 23.8 Å². The summed E-state index contributed by atoms with van der Waals surface area (Å²) in [6.07, 6.45) is 1.90. The molecule has 142 valence electrons. The molecule has 0 aliphatic rings. The Kier molecular flexibility index (Phi) is 9.35. The number of carbonyl (C=O) groups is 1. The Morgan fingerprint density at radius 3 is 2.44 bits per heavy atom. The molecule has 0 aliphatic carbocycles. The maximum absolute atomic E-state index is 12.4. The molecule has 0 aromatic heterocycles. The minimum atomic E-state index is -0.391. The summed E-state index contributed by atoms with van der Waals surface area (Å²) in [6.45, 7) is 13.3. The molecule has 0 heterocycles. The number of likely N-dealkylation sites (N-methyl/N-ethyl adjacent to an activating group) is 1. The van der Waals surface area contributed by atoms with Crippen molar-refractivity contribution in [2.24, 2.45) is 5.92 Å². The van der Waals surface area contributed by atoms with Crippen molar-refractivity contribution >= 4 is 5.97 Å². The predicted molar refractivity (Wildman–Crippen MR) is 100 cm³/mol. The van der Waals surface area contributed by atoms with Crippen LogP contribution in [0.3, 0.4) is 0 Å². The zero-order valence-electron chi connectivity index (χ0n) is 16.2. The molecule has 1 atom stereocenters. The number of phenols is 1. The minimum absolute atomic E-state index is 0.0378. The van der Waals surface area contributed by atoms with Gasteiger partial charge in [-0.25, -0.2) is 4.79 Å². The smallest absolute Gasteiger partial charge is 0.338 e. The highest BCUT2D eigenvalue weighted by molar-refractivity contribution is 5.90. The zero-order chi connectivity index (χ0) is 18.8. The highest BCUT2D eigenvalue weighted by Gasteiger charge is 2.22. The van der Waals surface area contributed by atoms with Gasteiger partial charge in [-0.05, 0) is 43.6 Å². The third-order valence-corrected chi connectivity index (χ3v) is 4.39. The van der Waals surface area contributed by atoms with Gasteiger partial charge < -0.3 is 14.6 Å². The Morgan fingerprint density at radius 2 is 1.88 bits per heavy atom. The van der Waals surface area contributed by atoms with Crippen molar-refractivity contribution in [1.29, 1.82) is 0 Å². The number of carbonyl (C=O) groups excluding carboxylic acids is 1. The van der Waals surface area contributed by atoms with Crippen molar-refractivity contribution in [3.63, 3.8) is 0 Å². The van der Waals surface area contributed by atoms with Crippen molar-refractivity contribution in [2.75, 3.05) is 26.3 Å². The van der Waals surface area contributed by atoms with Gasteiger partial charge >= 0.3 is 5.97 Å². The van der Waals surface area contributed by atoms with Gasteiger partial charge in [-0.2, -0.15) is 0 Å². The fourth-order valence-corrected chi connectivity index (χ4v) is 2.74.